The van der Waals surface area contributed by atoms with Gasteiger partial charge in [0.05, 0.1) is 5.57 Å². The summed E-state index contributed by atoms with van der Waals surface area (Å²) in [6.07, 6.45) is 0. The maximum absolute atomic E-state index is 13.0. The monoisotopic (exact) mass is 465 g/mol. The van der Waals surface area contributed by atoms with E-state index in [4.69, 9.17) is 4.74 Å². The highest BCUT2D eigenvalue weighted by Crippen LogP contribution is 2.39. The second-order valence-corrected chi connectivity index (χ2v) is 8.89. The van der Waals surface area contributed by atoms with E-state index >= 15 is 0 Å². The van der Waals surface area contributed by atoms with E-state index in [2.05, 4.69) is 65.4 Å². The molecule has 5 rings (SSSR count). The van der Waals surface area contributed by atoms with E-state index in [1.807, 2.05) is 43.3 Å². The molecule has 1 aromatic heterocycles. The summed E-state index contributed by atoms with van der Waals surface area (Å²) in [5, 5.41) is 4.09. The van der Waals surface area contributed by atoms with E-state index in [0.717, 1.165) is 69.9 Å². The third kappa shape index (κ3) is 4.60. The molecule has 2 N–H and O–H groups in total. The van der Waals surface area contributed by atoms with Gasteiger partial charge >= 0.3 is 0 Å². The van der Waals surface area contributed by atoms with Crippen LogP contribution in [0.15, 0.2) is 72.8 Å². The minimum Gasteiger partial charge on any atom is -0.492 e. The summed E-state index contributed by atoms with van der Waals surface area (Å²) in [7, 11) is 0. The van der Waals surface area contributed by atoms with Crippen molar-refractivity contribution < 1.29 is 9.53 Å². The van der Waals surface area contributed by atoms with Crippen LogP contribution < -0.4 is 10.1 Å². The molecule has 3 aromatic carbocycles. The normalized spacial score (nSPS) is 14.3. The van der Waals surface area contributed by atoms with Gasteiger partial charge in [-0.15, -0.1) is 0 Å². The van der Waals surface area contributed by atoms with Gasteiger partial charge in [-0.2, -0.15) is 0 Å². The fourth-order valence-corrected chi connectivity index (χ4v) is 4.72. The van der Waals surface area contributed by atoms with Crippen LogP contribution in [0.25, 0.3) is 33.2 Å². The standard InChI is InChI=1S/C30H31N3O2/c1-4-33(5-2)15-16-35-24-12-14-26-23(17-24)19-28(31-26)20(3)29-25-18-22(21-9-7-6-8-10-21)11-13-27(25)32-30(29)34/h6-14,17-19,31H,4-5,15-16H2,1-3H3,(H,32,34)/b29-20-. The van der Waals surface area contributed by atoms with E-state index in [9.17, 15) is 4.79 Å². The number of H-pyrrole nitrogens is 1. The zero-order chi connectivity index (χ0) is 24.4. The maximum atomic E-state index is 13.0. The Balaban J connectivity index is 1.44. The molecule has 0 bridgehead atoms. The number of aromatic nitrogens is 1. The molecule has 5 heteroatoms. The van der Waals surface area contributed by atoms with Gasteiger partial charge in [0.15, 0.2) is 0 Å². The summed E-state index contributed by atoms with van der Waals surface area (Å²) < 4.78 is 6.00. The Labute approximate surface area is 206 Å². The van der Waals surface area contributed by atoms with Gasteiger partial charge in [-0.3, -0.25) is 4.79 Å². The SMILES string of the molecule is CCN(CC)CCOc1ccc2[nH]c(/C(C)=C3\C(=O)Nc4ccc(-c5ccccc5)cc43)cc2c1. The Kier molecular flexibility index (Phi) is 6.43. The highest BCUT2D eigenvalue weighted by atomic mass is 16.5. The van der Waals surface area contributed by atoms with E-state index < -0.39 is 0 Å². The number of amides is 1. The smallest absolute Gasteiger partial charge is 0.256 e. The Morgan fingerprint density at radius 1 is 0.914 bits per heavy atom. The quantitative estimate of drug-likeness (QED) is 0.295. The number of nitrogens with zero attached hydrogens (tertiary/aromatic N) is 1. The van der Waals surface area contributed by atoms with Crippen LogP contribution in [0.1, 0.15) is 32.0 Å². The topological polar surface area (TPSA) is 57.4 Å². The fourth-order valence-electron chi connectivity index (χ4n) is 4.72. The van der Waals surface area contributed by atoms with Crippen LogP contribution in [0.5, 0.6) is 5.75 Å². The molecule has 0 fully saturated rings. The number of benzene rings is 3. The highest BCUT2D eigenvalue weighted by Gasteiger charge is 2.27. The molecule has 1 aliphatic rings. The van der Waals surface area contributed by atoms with Crippen molar-refractivity contribution in [3.63, 3.8) is 0 Å². The van der Waals surface area contributed by atoms with Crippen molar-refractivity contribution in [3.8, 4) is 16.9 Å². The third-order valence-electron chi connectivity index (χ3n) is 6.81. The summed E-state index contributed by atoms with van der Waals surface area (Å²) in [5.41, 5.74) is 7.60. The molecule has 5 nitrogen and oxygen atoms in total. The minimum absolute atomic E-state index is 0.0678. The maximum Gasteiger partial charge on any atom is 0.256 e. The van der Waals surface area contributed by atoms with Gasteiger partial charge in [-0.05, 0) is 73.1 Å². The number of ether oxygens (including phenoxy) is 1. The molecule has 0 saturated carbocycles. The van der Waals surface area contributed by atoms with Crippen molar-refractivity contribution in [2.75, 3.05) is 31.6 Å². The second kappa shape index (κ2) is 9.80. The first kappa shape index (κ1) is 22.9. The first-order valence-corrected chi connectivity index (χ1v) is 12.3. The Morgan fingerprint density at radius 2 is 1.71 bits per heavy atom. The van der Waals surface area contributed by atoms with Gasteiger partial charge in [0.1, 0.15) is 12.4 Å². The first-order valence-electron chi connectivity index (χ1n) is 12.3. The molecule has 4 aromatic rings. The van der Waals surface area contributed by atoms with Gasteiger partial charge in [0, 0.05) is 34.4 Å². The van der Waals surface area contributed by atoms with Crippen LogP contribution in [0.2, 0.25) is 0 Å². The lowest BCUT2D eigenvalue weighted by molar-refractivity contribution is -0.110. The van der Waals surface area contributed by atoms with Crippen molar-refractivity contribution in [1.29, 1.82) is 0 Å². The fraction of sp³-hybridized carbons (Fsp3) is 0.233. The molecule has 0 unspecified atom stereocenters. The summed E-state index contributed by atoms with van der Waals surface area (Å²) >= 11 is 0. The minimum atomic E-state index is -0.0678. The number of allylic oxidation sites excluding steroid dienone is 1. The number of carbonyl (C=O) groups is 1. The number of carbonyl (C=O) groups excluding carboxylic acids is 1. The number of likely N-dealkylation sites (N-methyl/N-ethyl adjacent to an activating group) is 1. The van der Waals surface area contributed by atoms with E-state index in [1.165, 1.54) is 0 Å². The van der Waals surface area contributed by atoms with Crippen molar-refractivity contribution in [2.24, 2.45) is 0 Å². The Morgan fingerprint density at radius 3 is 2.49 bits per heavy atom. The molecule has 2 heterocycles. The van der Waals surface area contributed by atoms with E-state index in [1.54, 1.807) is 0 Å². The largest absolute Gasteiger partial charge is 0.492 e. The number of aromatic amines is 1. The highest BCUT2D eigenvalue weighted by molar-refractivity contribution is 6.36. The Hall–Kier alpha value is -3.83. The number of fused-ring (bicyclic) bond motifs is 2. The third-order valence-corrected chi connectivity index (χ3v) is 6.81. The van der Waals surface area contributed by atoms with Gasteiger partial charge in [0.25, 0.3) is 5.91 Å². The molecule has 0 radical (unpaired) electrons. The molecular weight excluding hydrogens is 434 g/mol. The molecule has 0 saturated heterocycles. The second-order valence-electron chi connectivity index (χ2n) is 8.89. The van der Waals surface area contributed by atoms with Crippen LogP contribution in [0, 0.1) is 0 Å². The van der Waals surface area contributed by atoms with E-state index in [0.29, 0.717) is 12.2 Å². The molecule has 1 amide bonds. The van der Waals surface area contributed by atoms with Crippen LogP contribution in [0.4, 0.5) is 5.69 Å². The lowest BCUT2D eigenvalue weighted by Gasteiger charge is -2.17. The van der Waals surface area contributed by atoms with Crippen molar-refractivity contribution in [2.45, 2.75) is 20.8 Å². The van der Waals surface area contributed by atoms with Crippen LogP contribution in [-0.2, 0) is 4.79 Å². The molecule has 0 aliphatic carbocycles. The summed E-state index contributed by atoms with van der Waals surface area (Å²) in [4.78, 5) is 18.8. The average molecular weight is 466 g/mol. The summed E-state index contributed by atoms with van der Waals surface area (Å²) in [6, 6.07) is 24.6. The molecule has 178 valence electrons. The van der Waals surface area contributed by atoms with Crippen LogP contribution in [0.3, 0.4) is 0 Å². The first-order chi connectivity index (χ1) is 17.1. The zero-order valence-electron chi connectivity index (χ0n) is 20.5. The number of hydrogen-bond donors (Lipinski definition) is 2. The lowest BCUT2D eigenvalue weighted by atomic mass is 9.96. The van der Waals surface area contributed by atoms with Crippen LogP contribution in [-0.4, -0.2) is 42.0 Å². The molecule has 1 aliphatic heterocycles. The number of rotatable bonds is 8. The molecule has 0 atom stereocenters. The number of anilines is 1. The van der Waals surface area contributed by atoms with Gasteiger partial charge < -0.3 is 19.9 Å². The zero-order valence-corrected chi connectivity index (χ0v) is 20.5. The van der Waals surface area contributed by atoms with Crippen LogP contribution >= 0.6 is 0 Å². The number of hydrogen-bond acceptors (Lipinski definition) is 3. The van der Waals surface area contributed by atoms with Crippen molar-refractivity contribution in [3.05, 3.63) is 84.1 Å². The van der Waals surface area contributed by atoms with Crippen molar-refractivity contribution in [1.82, 2.24) is 9.88 Å². The lowest BCUT2D eigenvalue weighted by Crippen LogP contribution is -2.27. The van der Waals surface area contributed by atoms with Gasteiger partial charge in [-0.1, -0.05) is 50.2 Å². The van der Waals surface area contributed by atoms with E-state index in [-0.39, 0.29) is 5.91 Å². The van der Waals surface area contributed by atoms with Crippen molar-refractivity contribution >= 4 is 33.6 Å². The molecule has 0 spiro atoms. The number of nitrogens with one attached hydrogen (secondary N) is 2. The summed E-state index contributed by atoms with van der Waals surface area (Å²) in [5.74, 6) is 0.791. The predicted octanol–water partition coefficient (Wildman–Crippen LogP) is 6.44. The Bertz CT molecular complexity index is 1400. The molecular formula is C30H31N3O2. The average Bonchev–Trinajstić information content (AvgIpc) is 3.46. The van der Waals surface area contributed by atoms with Gasteiger partial charge in [0.2, 0.25) is 0 Å². The predicted molar refractivity (Wildman–Crippen MR) is 145 cm³/mol. The van der Waals surface area contributed by atoms with Gasteiger partial charge in [-0.25, -0.2) is 0 Å². The summed E-state index contributed by atoms with van der Waals surface area (Å²) in [6.45, 7) is 9.96. The molecule has 35 heavy (non-hydrogen) atoms.